The van der Waals surface area contributed by atoms with E-state index in [2.05, 4.69) is 0 Å². The van der Waals surface area contributed by atoms with E-state index in [1.165, 1.54) is 35.9 Å². The first-order chi connectivity index (χ1) is 18.3. The molecule has 3 aromatic rings. The maximum Gasteiger partial charge on any atom is 0.326 e. The fourth-order valence-corrected chi connectivity index (χ4v) is 7.59. The third-order valence-electron chi connectivity index (χ3n) is 6.43. The first-order valence-electron chi connectivity index (χ1n) is 11.6. The smallest absolute Gasteiger partial charge is 0.326 e. The third-order valence-corrected chi connectivity index (χ3v) is 9.04. The molecule has 2 aliphatic rings. The molecule has 1 saturated heterocycles. The highest BCUT2D eigenvalue weighted by atomic mass is 32.2. The summed E-state index contributed by atoms with van der Waals surface area (Å²) in [4.78, 5) is 64.6. The van der Waals surface area contributed by atoms with Crippen LogP contribution in [0.1, 0.15) is 23.3 Å². The van der Waals surface area contributed by atoms with Gasteiger partial charge in [0.1, 0.15) is 17.5 Å². The highest BCUT2D eigenvalue weighted by Crippen LogP contribution is 2.55. The number of nitro benzene ring substituents is 1. The number of carbonyl (C=O) groups is 3. The minimum Gasteiger partial charge on any atom is -0.496 e. The second-order valence-corrected chi connectivity index (χ2v) is 10.6. The van der Waals surface area contributed by atoms with Gasteiger partial charge in [0.05, 0.1) is 35.3 Å². The number of thioether (sulfide) groups is 1. The summed E-state index contributed by atoms with van der Waals surface area (Å²) in [6, 6.07) is 12.3. The van der Waals surface area contributed by atoms with Crippen LogP contribution in [0, 0.1) is 16.0 Å². The van der Waals surface area contributed by atoms with Crippen molar-refractivity contribution in [1.82, 2.24) is 4.57 Å². The van der Waals surface area contributed by atoms with Crippen LogP contribution in [-0.4, -0.2) is 46.2 Å². The number of benzene rings is 2. The lowest BCUT2D eigenvalue weighted by Gasteiger charge is -2.31. The second kappa shape index (κ2) is 10.1. The van der Waals surface area contributed by atoms with Gasteiger partial charge in [-0.15, -0.1) is 0 Å². The minimum atomic E-state index is -0.900. The molecule has 11 nitrogen and oxygen atoms in total. The zero-order valence-corrected chi connectivity index (χ0v) is 21.8. The van der Waals surface area contributed by atoms with Crippen molar-refractivity contribution in [3.63, 3.8) is 0 Å². The standard InChI is InChI=1S/C25H21N3O8S2/c1-3-36-17(29)12-26-24-21(38-25(26)32)18(15-6-4-5-7-16(15)35-2)19-20(37-24)23(31)27(22(19)30)13-8-10-14(11-9-13)28(33)34/h4-11,18-20H,3,12H2,1-2H3/t18-,19-,20+/m0/s1. The molecule has 196 valence electrons. The van der Waals surface area contributed by atoms with Crippen molar-refractivity contribution in [2.75, 3.05) is 18.6 Å². The van der Waals surface area contributed by atoms with Gasteiger partial charge in [-0.05, 0) is 25.1 Å². The van der Waals surface area contributed by atoms with Crippen LogP contribution in [0.5, 0.6) is 5.75 Å². The number of non-ortho nitro benzene ring substituents is 1. The van der Waals surface area contributed by atoms with E-state index in [0.29, 0.717) is 21.2 Å². The number of fused-ring (bicyclic) bond motifs is 2. The van der Waals surface area contributed by atoms with Gasteiger partial charge in [0.15, 0.2) is 0 Å². The number of nitrogens with zero attached hydrogens (tertiary/aromatic N) is 3. The Bertz CT molecular complexity index is 1510. The predicted molar refractivity (Wildman–Crippen MR) is 139 cm³/mol. The molecule has 3 heterocycles. The topological polar surface area (TPSA) is 138 Å². The summed E-state index contributed by atoms with van der Waals surface area (Å²) < 4.78 is 11.9. The highest BCUT2D eigenvalue weighted by Gasteiger charge is 2.57. The number of imide groups is 1. The normalized spacial score (nSPS) is 20.2. The molecule has 2 aliphatic heterocycles. The van der Waals surface area contributed by atoms with Crippen LogP contribution in [-0.2, 0) is 25.7 Å². The highest BCUT2D eigenvalue weighted by molar-refractivity contribution is 8.00. The first-order valence-corrected chi connectivity index (χ1v) is 13.3. The monoisotopic (exact) mass is 555 g/mol. The Morgan fingerprint density at radius 3 is 2.45 bits per heavy atom. The largest absolute Gasteiger partial charge is 0.496 e. The fraction of sp³-hybridized carbons (Fsp3) is 0.280. The Labute approximate surface area is 224 Å². The molecule has 0 radical (unpaired) electrons. The number of ether oxygens (including phenoxy) is 2. The number of methoxy groups -OCH3 is 1. The molecular weight excluding hydrogens is 534 g/mol. The number of para-hydroxylation sites is 1. The molecule has 1 fully saturated rings. The average molecular weight is 556 g/mol. The molecule has 2 amide bonds. The lowest BCUT2D eigenvalue weighted by molar-refractivity contribution is -0.384. The van der Waals surface area contributed by atoms with E-state index in [1.54, 1.807) is 31.2 Å². The van der Waals surface area contributed by atoms with E-state index in [1.807, 2.05) is 0 Å². The van der Waals surface area contributed by atoms with Gasteiger partial charge in [0.2, 0.25) is 11.8 Å². The van der Waals surface area contributed by atoms with Crippen LogP contribution >= 0.6 is 23.1 Å². The van der Waals surface area contributed by atoms with Gasteiger partial charge in [0.25, 0.3) is 5.69 Å². The number of anilines is 1. The SMILES string of the molecule is CCOC(=O)Cn1c2c(sc1=O)[C@@H](c1ccccc1OC)[C@@H]1C(=O)N(c3ccc([N+](=O)[O-])cc3)C(=O)[C@@H]1S2. The molecule has 5 rings (SSSR count). The van der Waals surface area contributed by atoms with E-state index in [4.69, 9.17) is 9.47 Å². The van der Waals surface area contributed by atoms with E-state index in [-0.39, 0.29) is 24.5 Å². The van der Waals surface area contributed by atoms with E-state index < -0.39 is 44.7 Å². The Hall–Kier alpha value is -3.97. The number of esters is 1. The Kier molecular flexibility index (Phi) is 6.80. The van der Waals surface area contributed by atoms with Gasteiger partial charge < -0.3 is 9.47 Å². The van der Waals surface area contributed by atoms with Crippen molar-refractivity contribution in [1.29, 1.82) is 0 Å². The van der Waals surface area contributed by atoms with E-state index in [0.717, 1.165) is 28.0 Å². The van der Waals surface area contributed by atoms with E-state index >= 15 is 0 Å². The summed E-state index contributed by atoms with van der Waals surface area (Å²) in [5.41, 5.74) is 0.672. The first kappa shape index (κ1) is 25.7. The zero-order valence-electron chi connectivity index (χ0n) is 20.2. The zero-order chi connectivity index (χ0) is 27.1. The summed E-state index contributed by atoms with van der Waals surface area (Å²) in [7, 11) is 1.49. The number of rotatable bonds is 7. The van der Waals surface area contributed by atoms with Crippen LogP contribution < -0.4 is 14.5 Å². The Morgan fingerprint density at radius 2 is 1.79 bits per heavy atom. The summed E-state index contributed by atoms with van der Waals surface area (Å²) in [5, 5.41) is 10.6. The van der Waals surface area contributed by atoms with Crippen molar-refractivity contribution in [2.45, 2.75) is 29.7 Å². The number of aromatic nitrogens is 1. The molecule has 0 spiro atoms. The van der Waals surface area contributed by atoms with Crippen LogP contribution in [0.25, 0.3) is 0 Å². The molecule has 0 bridgehead atoms. The van der Waals surface area contributed by atoms with Crippen molar-refractivity contribution >= 4 is 52.3 Å². The second-order valence-electron chi connectivity index (χ2n) is 8.50. The van der Waals surface area contributed by atoms with Crippen molar-refractivity contribution < 1.29 is 28.8 Å². The number of hydrogen-bond acceptors (Lipinski definition) is 10. The molecule has 1 aromatic heterocycles. The molecule has 0 N–H and O–H groups in total. The number of hydrogen-bond donors (Lipinski definition) is 0. The Balaban J connectivity index is 1.65. The van der Waals surface area contributed by atoms with Crippen LogP contribution in [0.15, 0.2) is 58.4 Å². The van der Waals surface area contributed by atoms with Crippen LogP contribution in [0.3, 0.4) is 0 Å². The quantitative estimate of drug-likeness (QED) is 0.186. The van der Waals surface area contributed by atoms with Crippen molar-refractivity contribution in [3.05, 3.63) is 78.8 Å². The van der Waals surface area contributed by atoms with E-state index in [9.17, 15) is 29.3 Å². The number of carbonyl (C=O) groups excluding carboxylic acids is 3. The van der Waals surface area contributed by atoms with Crippen molar-refractivity contribution in [2.24, 2.45) is 5.92 Å². The number of amides is 2. The maximum absolute atomic E-state index is 13.9. The molecular formula is C25H21N3O8S2. The number of nitro groups is 1. The fourth-order valence-electron chi connectivity index (χ4n) is 4.83. The lowest BCUT2D eigenvalue weighted by Crippen LogP contribution is -2.33. The van der Waals surface area contributed by atoms with Gasteiger partial charge in [-0.1, -0.05) is 41.3 Å². The molecule has 2 aromatic carbocycles. The molecule has 38 heavy (non-hydrogen) atoms. The van der Waals surface area contributed by atoms with Crippen LogP contribution in [0.2, 0.25) is 0 Å². The molecule has 0 saturated carbocycles. The molecule has 0 unspecified atom stereocenters. The lowest BCUT2D eigenvalue weighted by atomic mass is 9.82. The summed E-state index contributed by atoms with van der Waals surface area (Å²) in [6.07, 6.45) is 0. The maximum atomic E-state index is 13.9. The predicted octanol–water partition coefficient (Wildman–Crippen LogP) is 3.19. The van der Waals surface area contributed by atoms with Gasteiger partial charge in [-0.25, -0.2) is 4.90 Å². The van der Waals surface area contributed by atoms with Gasteiger partial charge in [-0.2, -0.15) is 0 Å². The summed E-state index contributed by atoms with van der Waals surface area (Å²) >= 11 is 1.99. The summed E-state index contributed by atoms with van der Waals surface area (Å²) in [5.74, 6) is -2.67. The molecule has 3 atom stereocenters. The van der Waals surface area contributed by atoms with Crippen LogP contribution in [0.4, 0.5) is 11.4 Å². The minimum absolute atomic E-state index is 0.152. The molecule has 0 aliphatic carbocycles. The average Bonchev–Trinajstić information content (AvgIpc) is 3.35. The number of thiazole rings is 1. The van der Waals surface area contributed by atoms with Gasteiger partial charge in [0, 0.05) is 28.5 Å². The van der Waals surface area contributed by atoms with Gasteiger partial charge >= 0.3 is 10.8 Å². The third kappa shape index (κ3) is 4.17. The van der Waals surface area contributed by atoms with Crippen molar-refractivity contribution in [3.8, 4) is 5.75 Å². The summed E-state index contributed by atoms with van der Waals surface area (Å²) in [6.45, 7) is 1.49. The Morgan fingerprint density at radius 1 is 1.08 bits per heavy atom. The molecule has 13 heteroatoms. The van der Waals surface area contributed by atoms with Gasteiger partial charge in [-0.3, -0.25) is 33.9 Å².